The highest BCUT2D eigenvalue weighted by atomic mass is 16.2. The highest BCUT2D eigenvalue weighted by Gasteiger charge is 2.25. The minimum Gasteiger partial charge on any atom is -0.301 e. The van der Waals surface area contributed by atoms with E-state index in [-0.39, 0.29) is 6.61 Å². The second kappa shape index (κ2) is 10.5. The zero-order valence-corrected chi connectivity index (χ0v) is 15.7. The van der Waals surface area contributed by atoms with Gasteiger partial charge < -0.3 is 4.90 Å². The number of benzene rings is 2. The third-order valence-corrected chi connectivity index (χ3v) is 5.37. The highest BCUT2D eigenvalue weighted by Crippen LogP contribution is 2.29. The van der Waals surface area contributed by atoms with Gasteiger partial charge in [0.2, 0.25) is 0 Å². The quantitative estimate of drug-likeness (QED) is 0.627. The molecule has 2 aromatic carbocycles. The van der Waals surface area contributed by atoms with Gasteiger partial charge in [0.15, 0.2) is 0 Å². The van der Waals surface area contributed by atoms with E-state index in [4.69, 9.17) is 0 Å². The molecule has 1 heterocycles. The van der Waals surface area contributed by atoms with Crippen LogP contribution in [0.5, 0.6) is 0 Å². The fourth-order valence-corrected chi connectivity index (χ4v) is 3.92. The van der Waals surface area contributed by atoms with Crippen LogP contribution in [0.2, 0.25) is 0 Å². The number of nitrogens with zero attached hydrogens (tertiary/aromatic N) is 2. The van der Waals surface area contributed by atoms with E-state index in [9.17, 15) is 5.11 Å². The predicted octanol–water partition coefficient (Wildman–Crippen LogP) is 4.38. The molecule has 0 saturated carbocycles. The Hall–Kier alpha value is -1.68. The monoisotopic (exact) mass is 351 g/mol. The summed E-state index contributed by atoms with van der Waals surface area (Å²) in [5.74, 6) is 0. The van der Waals surface area contributed by atoms with E-state index in [0.29, 0.717) is 6.04 Å². The Balaban J connectivity index is 1.58. The van der Waals surface area contributed by atoms with Crippen LogP contribution in [-0.4, -0.2) is 49.1 Å². The molecule has 26 heavy (non-hydrogen) atoms. The minimum atomic E-state index is 0.0824. The third-order valence-electron chi connectivity index (χ3n) is 5.37. The predicted molar refractivity (Wildman–Crippen MR) is 107 cm³/mol. The zero-order chi connectivity index (χ0) is 18.0. The van der Waals surface area contributed by atoms with Gasteiger partial charge in [-0.15, -0.1) is 0 Å². The molecule has 1 aliphatic heterocycles. The Morgan fingerprint density at radius 1 is 0.692 bits per heavy atom. The molecule has 3 rings (SSSR count). The molecule has 0 aliphatic carbocycles. The van der Waals surface area contributed by atoms with Gasteiger partial charge in [-0.05, 0) is 30.5 Å². The molecule has 139 valence electrons. The van der Waals surface area contributed by atoms with Crippen molar-refractivity contribution in [3.63, 3.8) is 0 Å². The van der Waals surface area contributed by atoms with Crippen molar-refractivity contribution < 1.29 is 5.11 Å². The first-order chi connectivity index (χ1) is 12.9. The summed E-state index contributed by atoms with van der Waals surface area (Å²) in [4.78, 5) is 5.21. The maximum Gasteiger partial charge on any atom is 0.0822 e. The molecule has 0 N–H and O–H groups in total. The van der Waals surface area contributed by atoms with Crippen molar-refractivity contribution in [1.82, 2.24) is 9.80 Å². The molecule has 0 spiro atoms. The smallest absolute Gasteiger partial charge is 0.0822 e. The van der Waals surface area contributed by atoms with Gasteiger partial charge in [-0.3, -0.25) is 4.90 Å². The summed E-state index contributed by atoms with van der Waals surface area (Å²) >= 11 is 0. The topological polar surface area (TPSA) is 26.4 Å². The molecule has 0 atom stereocenters. The van der Waals surface area contributed by atoms with Crippen molar-refractivity contribution in [1.29, 1.82) is 0 Å². The third kappa shape index (κ3) is 5.41. The Kier molecular flexibility index (Phi) is 7.68. The standard InChI is InChI=1S/C23H31N2O/c26-20-10-2-1-9-15-24-16-18-25(19-17-24)23(21-11-5-3-6-12-21)22-13-7-4-8-14-22/h3-8,11-14,23H,1-2,9-10,15-20H2. The summed E-state index contributed by atoms with van der Waals surface area (Å²) in [6.45, 7) is 5.74. The van der Waals surface area contributed by atoms with Gasteiger partial charge >= 0.3 is 0 Å². The molecule has 0 amide bonds. The number of hydrogen-bond donors (Lipinski definition) is 0. The van der Waals surface area contributed by atoms with Crippen molar-refractivity contribution in [3.05, 3.63) is 71.8 Å². The van der Waals surface area contributed by atoms with Crippen LogP contribution in [0.25, 0.3) is 0 Å². The van der Waals surface area contributed by atoms with Crippen LogP contribution in [0.3, 0.4) is 0 Å². The first kappa shape index (κ1) is 19.1. The first-order valence-corrected chi connectivity index (χ1v) is 10.0. The number of hydrogen-bond acceptors (Lipinski definition) is 2. The number of piperazine rings is 1. The Morgan fingerprint density at radius 2 is 1.23 bits per heavy atom. The van der Waals surface area contributed by atoms with E-state index in [2.05, 4.69) is 70.5 Å². The molecule has 1 saturated heterocycles. The molecule has 1 radical (unpaired) electrons. The van der Waals surface area contributed by atoms with Gasteiger partial charge in [0.05, 0.1) is 12.6 Å². The molecule has 1 aliphatic rings. The number of unbranched alkanes of at least 4 members (excludes halogenated alkanes) is 3. The largest absolute Gasteiger partial charge is 0.301 e. The lowest BCUT2D eigenvalue weighted by Gasteiger charge is -2.39. The lowest BCUT2D eigenvalue weighted by atomic mass is 9.96. The highest BCUT2D eigenvalue weighted by molar-refractivity contribution is 5.31. The molecule has 2 aromatic rings. The second-order valence-electron chi connectivity index (χ2n) is 7.22. The molecule has 1 fully saturated rings. The van der Waals surface area contributed by atoms with Crippen molar-refractivity contribution in [2.75, 3.05) is 39.3 Å². The zero-order valence-electron chi connectivity index (χ0n) is 15.7. The van der Waals surface area contributed by atoms with Gasteiger partial charge in [0, 0.05) is 26.2 Å². The molecule has 3 nitrogen and oxygen atoms in total. The van der Waals surface area contributed by atoms with Crippen molar-refractivity contribution in [3.8, 4) is 0 Å². The van der Waals surface area contributed by atoms with E-state index in [1.54, 1.807) is 0 Å². The molecule has 0 aromatic heterocycles. The molecule has 0 unspecified atom stereocenters. The first-order valence-electron chi connectivity index (χ1n) is 10.0. The summed E-state index contributed by atoms with van der Waals surface area (Å²) in [5.41, 5.74) is 2.76. The average molecular weight is 352 g/mol. The summed E-state index contributed by atoms with van der Waals surface area (Å²) in [5, 5.41) is 10.5. The van der Waals surface area contributed by atoms with Gasteiger partial charge in [0.25, 0.3) is 0 Å². The fraction of sp³-hybridized carbons (Fsp3) is 0.478. The van der Waals surface area contributed by atoms with E-state index >= 15 is 0 Å². The Bertz CT molecular complexity index is 569. The van der Waals surface area contributed by atoms with E-state index in [1.807, 2.05) is 0 Å². The summed E-state index contributed by atoms with van der Waals surface area (Å²) in [6, 6.07) is 22.1. The van der Waals surface area contributed by atoms with E-state index in [0.717, 1.165) is 39.0 Å². The summed E-state index contributed by atoms with van der Waals surface area (Å²) < 4.78 is 0. The lowest BCUT2D eigenvalue weighted by molar-refractivity contribution is 0.108. The average Bonchev–Trinajstić information content (AvgIpc) is 2.71. The van der Waals surface area contributed by atoms with Gasteiger partial charge in [0.1, 0.15) is 0 Å². The van der Waals surface area contributed by atoms with Crippen molar-refractivity contribution in [2.24, 2.45) is 0 Å². The maximum absolute atomic E-state index is 10.5. The molecular weight excluding hydrogens is 320 g/mol. The van der Waals surface area contributed by atoms with E-state index in [1.165, 1.54) is 30.5 Å². The van der Waals surface area contributed by atoms with Crippen LogP contribution in [-0.2, 0) is 5.11 Å². The molecule has 3 heteroatoms. The van der Waals surface area contributed by atoms with Crippen molar-refractivity contribution >= 4 is 0 Å². The lowest BCUT2D eigenvalue weighted by Crippen LogP contribution is -2.48. The normalized spacial score (nSPS) is 16.2. The fourth-order valence-electron chi connectivity index (χ4n) is 3.92. The molecular formula is C23H31N2O. The van der Waals surface area contributed by atoms with Gasteiger partial charge in [-0.25, -0.2) is 5.11 Å². The number of rotatable bonds is 9. The van der Waals surface area contributed by atoms with E-state index < -0.39 is 0 Å². The van der Waals surface area contributed by atoms with Gasteiger partial charge in [-0.1, -0.05) is 73.5 Å². The van der Waals surface area contributed by atoms with Crippen LogP contribution in [0.4, 0.5) is 0 Å². The second-order valence-corrected chi connectivity index (χ2v) is 7.22. The Labute approximate surface area is 158 Å². The van der Waals surface area contributed by atoms with Crippen LogP contribution in [0, 0.1) is 0 Å². The summed E-state index contributed by atoms with van der Waals surface area (Å²) in [7, 11) is 0. The maximum atomic E-state index is 10.5. The van der Waals surface area contributed by atoms with Crippen LogP contribution in [0.1, 0.15) is 42.9 Å². The summed E-state index contributed by atoms with van der Waals surface area (Å²) in [6.07, 6.45) is 4.34. The van der Waals surface area contributed by atoms with Crippen LogP contribution < -0.4 is 0 Å². The minimum absolute atomic E-state index is 0.0824. The van der Waals surface area contributed by atoms with Crippen LogP contribution in [0.15, 0.2) is 60.7 Å². The van der Waals surface area contributed by atoms with Crippen LogP contribution >= 0.6 is 0 Å². The Morgan fingerprint density at radius 3 is 1.77 bits per heavy atom. The SMILES string of the molecule is [O]CCCCCCN1CCN(C(c2ccccc2)c2ccccc2)CC1. The van der Waals surface area contributed by atoms with Crippen molar-refractivity contribution in [2.45, 2.75) is 31.7 Å². The molecule has 0 bridgehead atoms. The van der Waals surface area contributed by atoms with Gasteiger partial charge in [-0.2, -0.15) is 0 Å².